The third-order valence-electron chi connectivity index (χ3n) is 2.24. The van der Waals surface area contributed by atoms with Gasteiger partial charge in [-0.2, -0.15) is 0 Å². The van der Waals surface area contributed by atoms with Crippen molar-refractivity contribution in [1.29, 1.82) is 0 Å². The van der Waals surface area contributed by atoms with Gasteiger partial charge in [-0.05, 0) is 18.4 Å². The van der Waals surface area contributed by atoms with Gasteiger partial charge in [0.2, 0.25) is 5.91 Å². The zero-order chi connectivity index (χ0) is 13.4. The first-order valence-electron chi connectivity index (χ1n) is 5.55. The summed E-state index contributed by atoms with van der Waals surface area (Å²) in [5, 5.41) is 10.9. The molecule has 1 aromatic carbocycles. The molecule has 0 fully saturated rings. The number of nitrogens with one attached hydrogen (secondary N) is 1. The Morgan fingerprint density at radius 1 is 1.28 bits per heavy atom. The number of aryl methyl sites for hydroxylation is 1. The number of carbonyl (C=O) groups excluding carboxylic acids is 1. The molecular formula is C13H15NO3S. The van der Waals surface area contributed by atoms with Crippen LogP contribution in [0.2, 0.25) is 0 Å². The molecule has 0 aromatic heterocycles. The van der Waals surface area contributed by atoms with Crippen molar-refractivity contribution in [1.82, 2.24) is 5.32 Å². The maximum Gasteiger partial charge on any atom is 0.330 e. The van der Waals surface area contributed by atoms with Gasteiger partial charge in [-0.15, -0.1) is 12.6 Å². The molecule has 1 amide bonds. The zero-order valence-corrected chi connectivity index (χ0v) is 10.7. The molecule has 1 aromatic rings. The van der Waals surface area contributed by atoms with E-state index < -0.39 is 5.97 Å². The van der Waals surface area contributed by atoms with Crippen LogP contribution in [-0.2, 0) is 16.0 Å². The molecule has 18 heavy (non-hydrogen) atoms. The lowest BCUT2D eigenvalue weighted by Gasteiger charge is -2.04. The fourth-order valence-corrected chi connectivity index (χ4v) is 1.69. The fourth-order valence-electron chi connectivity index (χ4n) is 1.46. The van der Waals surface area contributed by atoms with Crippen LogP contribution >= 0.6 is 12.6 Å². The first kappa shape index (κ1) is 14.3. The van der Waals surface area contributed by atoms with Crippen LogP contribution in [0.4, 0.5) is 0 Å². The van der Waals surface area contributed by atoms with Crippen LogP contribution in [0.25, 0.3) is 0 Å². The minimum absolute atomic E-state index is 0.0483. The monoisotopic (exact) mass is 265 g/mol. The van der Waals surface area contributed by atoms with Crippen molar-refractivity contribution >= 4 is 24.5 Å². The molecule has 0 radical (unpaired) electrons. The summed E-state index contributed by atoms with van der Waals surface area (Å²) in [4.78, 5) is 21.7. The molecule has 0 aliphatic heterocycles. The number of carbonyl (C=O) groups is 2. The summed E-state index contributed by atoms with van der Waals surface area (Å²) >= 11 is 3.85. The second kappa shape index (κ2) is 7.55. The molecule has 5 heteroatoms. The Morgan fingerprint density at radius 3 is 2.56 bits per heavy atom. The first-order chi connectivity index (χ1) is 8.58. The van der Waals surface area contributed by atoms with Gasteiger partial charge in [0.05, 0.1) is 11.1 Å². The number of hydrogen-bond donors (Lipinski definition) is 3. The predicted octanol–water partition coefficient (Wildman–Crippen LogP) is 1.98. The van der Waals surface area contributed by atoms with Gasteiger partial charge >= 0.3 is 5.97 Å². The average Bonchev–Trinajstić information content (AvgIpc) is 2.29. The smallest absolute Gasteiger partial charge is 0.330 e. The molecule has 0 bridgehead atoms. The highest BCUT2D eigenvalue weighted by Gasteiger charge is 2.03. The Morgan fingerprint density at radius 2 is 1.94 bits per heavy atom. The van der Waals surface area contributed by atoms with Crippen LogP contribution in [-0.4, -0.2) is 17.0 Å². The Kier molecular flexibility index (Phi) is 6.00. The standard InChI is InChI=1S/C13H15NO3S/c15-11(14-12(18)9-13(16)17)8-4-7-10-5-2-1-3-6-10/h1-3,5-6,9,18H,4,7-8H2,(H,14,15)(H,16,17)/b12-9+. The van der Waals surface area contributed by atoms with Gasteiger partial charge in [-0.25, -0.2) is 4.79 Å². The van der Waals surface area contributed by atoms with Crippen molar-refractivity contribution in [2.24, 2.45) is 0 Å². The SMILES string of the molecule is O=C(O)/C=C(/S)NC(=O)CCCc1ccccc1. The Bertz CT molecular complexity index is 443. The van der Waals surface area contributed by atoms with Crippen LogP contribution < -0.4 is 5.32 Å². The molecule has 0 aliphatic rings. The molecule has 0 unspecified atom stereocenters. The number of carboxylic acid groups (broad SMARTS) is 1. The van der Waals surface area contributed by atoms with Crippen molar-refractivity contribution < 1.29 is 14.7 Å². The van der Waals surface area contributed by atoms with Crippen LogP contribution in [0.15, 0.2) is 41.4 Å². The van der Waals surface area contributed by atoms with E-state index in [9.17, 15) is 9.59 Å². The molecular weight excluding hydrogens is 250 g/mol. The Balaban J connectivity index is 2.28. The van der Waals surface area contributed by atoms with Gasteiger partial charge in [0.1, 0.15) is 0 Å². The van der Waals surface area contributed by atoms with E-state index in [-0.39, 0.29) is 10.9 Å². The molecule has 96 valence electrons. The van der Waals surface area contributed by atoms with E-state index in [2.05, 4.69) is 17.9 Å². The molecule has 1 rings (SSSR count). The summed E-state index contributed by atoms with van der Waals surface area (Å²) < 4.78 is 0. The van der Waals surface area contributed by atoms with E-state index in [0.717, 1.165) is 12.5 Å². The average molecular weight is 265 g/mol. The summed E-state index contributed by atoms with van der Waals surface area (Å²) in [7, 11) is 0. The first-order valence-corrected chi connectivity index (χ1v) is 6.00. The lowest BCUT2D eigenvalue weighted by Crippen LogP contribution is -2.20. The van der Waals surface area contributed by atoms with Crippen molar-refractivity contribution in [2.75, 3.05) is 0 Å². The van der Waals surface area contributed by atoms with Crippen molar-refractivity contribution in [3.63, 3.8) is 0 Å². The molecule has 0 heterocycles. The molecule has 0 aliphatic carbocycles. The lowest BCUT2D eigenvalue weighted by molar-refractivity contribution is -0.131. The highest BCUT2D eigenvalue weighted by molar-refractivity contribution is 7.84. The Labute approximate surface area is 111 Å². The Hall–Kier alpha value is -1.75. The maximum atomic E-state index is 11.4. The number of thiol groups is 1. The van der Waals surface area contributed by atoms with E-state index in [0.29, 0.717) is 12.8 Å². The summed E-state index contributed by atoms with van der Waals surface area (Å²) in [5.74, 6) is -1.36. The number of aliphatic carboxylic acids is 1. The second-order valence-electron chi connectivity index (χ2n) is 3.76. The number of hydrogen-bond acceptors (Lipinski definition) is 3. The second-order valence-corrected chi connectivity index (χ2v) is 4.24. The van der Waals surface area contributed by atoms with E-state index in [4.69, 9.17) is 5.11 Å². The van der Waals surface area contributed by atoms with Gasteiger partial charge in [0.15, 0.2) is 0 Å². The lowest BCUT2D eigenvalue weighted by atomic mass is 10.1. The van der Waals surface area contributed by atoms with E-state index in [1.165, 1.54) is 5.56 Å². The summed E-state index contributed by atoms with van der Waals surface area (Å²) in [6.45, 7) is 0. The summed E-state index contributed by atoms with van der Waals surface area (Å²) in [5.41, 5.74) is 1.18. The quantitative estimate of drug-likeness (QED) is 0.544. The largest absolute Gasteiger partial charge is 0.478 e. The molecule has 0 saturated heterocycles. The van der Waals surface area contributed by atoms with Crippen molar-refractivity contribution in [2.45, 2.75) is 19.3 Å². The minimum atomic E-state index is -1.13. The summed E-state index contributed by atoms with van der Waals surface area (Å²) in [6.07, 6.45) is 2.72. The van der Waals surface area contributed by atoms with Gasteiger partial charge < -0.3 is 10.4 Å². The zero-order valence-electron chi connectivity index (χ0n) is 9.80. The van der Waals surface area contributed by atoms with Crippen molar-refractivity contribution in [3.05, 3.63) is 47.0 Å². The van der Waals surface area contributed by atoms with Gasteiger partial charge in [0.25, 0.3) is 0 Å². The van der Waals surface area contributed by atoms with Gasteiger partial charge in [0, 0.05) is 6.42 Å². The third-order valence-corrected chi connectivity index (χ3v) is 2.48. The third kappa shape index (κ3) is 6.10. The van der Waals surface area contributed by atoms with E-state index >= 15 is 0 Å². The fraction of sp³-hybridized carbons (Fsp3) is 0.231. The predicted molar refractivity (Wildman–Crippen MR) is 72.2 cm³/mol. The van der Waals surface area contributed by atoms with Gasteiger partial charge in [-0.1, -0.05) is 30.3 Å². The number of amides is 1. The molecule has 0 spiro atoms. The highest BCUT2D eigenvalue weighted by atomic mass is 32.1. The molecule has 2 N–H and O–H groups in total. The van der Waals surface area contributed by atoms with Crippen LogP contribution in [0.5, 0.6) is 0 Å². The minimum Gasteiger partial charge on any atom is -0.478 e. The van der Waals surface area contributed by atoms with Crippen LogP contribution in [0, 0.1) is 0 Å². The number of carboxylic acids is 1. The summed E-state index contributed by atoms with van der Waals surface area (Å²) in [6, 6.07) is 9.87. The van der Waals surface area contributed by atoms with Crippen molar-refractivity contribution in [3.8, 4) is 0 Å². The molecule has 0 saturated carbocycles. The topological polar surface area (TPSA) is 66.4 Å². The highest BCUT2D eigenvalue weighted by Crippen LogP contribution is 2.05. The maximum absolute atomic E-state index is 11.4. The van der Waals surface area contributed by atoms with Gasteiger partial charge in [-0.3, -0.25) is 4.79 Å². The molecule has 4 nitrogen and oxygen atoms in total. The van der Waals surface area contributed by atoms with Crippen LogP contribution in [0.1, 0.15) is 18.4 Å². The molecule has 0 atom stereocenters. The number of rotatable bonds is 6. The van der Waals surface area contributed by atoms with E-state index in [1.54, 1.807) is 0 Å². The normalized spacial score (nSPS) is 11.1. The van der Waals surface area contributed by atoms with Crippen LogP contribution in [0.3, 0.4) is 0 Å². The van der Waals surface area contributed by atoms with E-state index in [1.807, 2.05) is 30.3 Å². The number of benzene rings is 1.